The predicted molar refractivity (Wildman–Crippen MR) is 126 cm³/mol. The summed E-state index contributed by atoms with van der Waals surface area (Å²) in [4.78, 5) is 38.2. The molecule has 34 heavy (non-hydrogen) atoms. The van der Waals surface area contributed by atoms with Crippen LogP contribution in [-0.4, -0.2) is 71.3 Å². The minimum atomic E-state index is -0.788. The van der Waals surface area contributed by atoms with Crippen molar-refractivity contribution in [2.75, 3.05) is 26.7 Å². The molecule has 3 aliphatic rings. The molecule has 1 amide bonds. The van der Waals surface area contributed by atoms with Gasteiger partial charge in [-0.15, -0.1) is 11.3 Å². The van der Waals surface area contributed by atoms with Crippen LogP contribution in [0.15, 0.2) is 46.0 Å². The van der Waals surface area contributed by atoms with Crippen molar-refractivity contribution in [3.63, 3.8) is 0 Å². The lowest BCUT2D eigenvalue weighted by molar-refractivity contribution is -0.136. The summed E-state index contributed by atoms with van der Waals surface area (Å²) in [5.41, 5.74) is 1.46. The van der Waals surface area contributed by atoms with Crippen LogP contribution >= 0.6 is 22.9 Å². The minimum absolute atomic E-state index is 0.0848. The molecule has 3 atom stereocenters. The van der Waals surface area contributed by atoms with Gasteiger partial charge in [-0.25, -0.2) is 14.2 Å². The molecule has 4 heterocycles. The number of thiazole rings is 1. The SMILES string of the molecule is COC(=O)C1=C(CN2C[C@H]3CC2CN3C(C)=O)NC(c2nccs2)=NC1c1ccc(F)cc1Cl. The van der Waals surface area contributed by atoms with Crippen molar-refractivity contribution >= 4 is 40.6 Å². The first-order chi connectivity index (χ1) is 16.4. The van der Waals surface area contributed by atoms with Crippen molar-refractivity contribution in [3.05, 3.63) is 62.5 Å². The highest BCUT2D eigenvalue weighted by Gasteiger charge is 2.45. The van der Waals surface area contributed by atoms with Crippen LogP contribution in [0.1, 0.15) is 30.0 Å². The number of carbonyl (C=O) groups excluding carboxylic acids is 2. The van der Waals surface area contributed by atoms with Crippen LogP contribution in [0, 0.1) is 5.82 Å². The molecule has 0 spiro atoms. The summed E-state index contributed by atoms with van der Waals surface area (Å²) < 4.78 is 18.9. The van der Waals surface area contributed by atoms with Gasteiger partial charge in [0.1, 0.15) is 11.9 Å². The van der Waals surface area contributed by atoms with Crippen LogP contribution in [0.4, 0.5) is 4.39 Å². The van der Waals surface area contributed by atoms with E-state index < -0.39 is 17.8 Å². The molecule has 3 aliphatic heterocycles. The fraction of sp³-hybridized carbons (Fsp3) is 0.391. The second kappa shape index (κ2) is 9.09. The average molecular weight is 504 g/mol. The number of likely N-dealkylation sites (tertiary alicyclic amines) is 2. The second-order valence-corrected chi connectivity index (χ2v) is 9.84. The summed E-state index contributed by atoms with van der Waals surface area (Å²) in [5.74, 6) is -0.414. The van der Waals surface area contributed by atoms with Crippen LogP contribution < -0.4 is 5.32 Å². The van der Waals surface area contributed by atoms with Gasteiger partial charge in [0.05, 0.1) is 12.7 Å². The maximum atomic E-state index is 13.8. The highest BCUT2D eigenvalue weighted by molar-refractivity contribution is 7.11. The van der Waals surface area contributed by atoms with Crippen molar-refractivity contribution in [3.8, 4) is 0 Å². The van der Waals surface area contributed by atoms with Crippen molar-refractivity contribution in [2.24, 2.45) is 4.99 Å². The van der Waals surface area contributed by atoms with Crippen LogP contribution in [0.3, 0.4) is 0 Å². The van der Waals surface area contributed by atoms with Gasteiger partial charge in [-0.1, -0.05) is 17.7 Å². The number of ether oxygens (including phenoxy) is 1. The standard InChI is InChI=1S/C23H23ClFN5O3S/c1-12(31)30-10-14-8-15(30)9-29(14)11-18-19(23(32)33-2)20(16-4-3-13(25)7-17(16)24)28-21(27-18)22-26-5-6-34-22/h3-7,14-15,20H,8-11H2,1-2H3,(H,27,28)/t14?,15-,20?/m1/s1. The summed E-state index contributed by atoms with van der Waals surface area (Å²) >= 11 is 7.81. The monoisotopic (exact) mass is 503 g/mol. The lowest BCUT2D eigenvalue weighted by atomic mass is 9.95. The third-order valence-corrected chi connectivity index (χ3v) is 7.65. The summed E-state index contributed by atoms with van der Waals surface area (Å²) in [5, 5.41) is 5.99. The van der Waals surface area contributed by atoms with Gasteiger partial charge >= 0.3 is 5.97 Å². The van der Waals surface area contributed by atoms with E-state index in [0.29, 0.717) is 40.8 Å². The number of aromatic nitrogens is 1. The maximum absolute atomic E-state index is 13.8. The zero-order valence-electron chi connectivity index (χ0n) is 18.6. The number of carbonyl (C=O) groups is 2. The number of hydrogen-bond acceptors (Lipinski definition) is 8. The van der Waals surface area contributed by atoms with Crippen LogP contribution in [0.2, 0.25) is 5.02 Å². The third-order valence-electron chi connectivity index (χ3n) is 6.54. The topological polar surface area (TPSA) is 87.1 Å². The van der Waals surface area contributed by atoms with Gasteiger partial charge in [0.15, 0.2) is 10.8 Å². The summed E-state index contributed by atoms with van der Waals surface area (Å²) in [6.07, 6.45) is 2.58. The number of methoxy groups -OCH3 is 1. The van der Waals surface area contributed by atoms with E-state index >= 15 is 0 Å². The number of aliphatic imine (C=N–C) groups is 1. The van der Waals surface area contributed by atoms with Gasteiger partial charge < -0.3 is 15.0 Å². The summed E-state index contributed by atoms with van der Waals surface area (Å²) in [6, 6.07) is 3.64. The first-order valence-electron chi connectivity index (χ1n) is 10.9. The molecule has 1 aromatic carbocycles. The normalized spacial score (nSPS) is 24.3. The first-order valence-corrected chi connectivity index (χ1v) is 12.1. The molecule has 1 aromatic heterocycles. The van der Waals surface area contributed by atoms with Crippen molar-refractivity contribution in [1.82, 2.24) is 20.1 Å². The Kier molecular flexibility index (Phi) is 6.13. The van der Waals surface area contributed by atoms with E-state index in [1.165, 1.54) is 30.6 Å². The van der Waals surface area contributed by atoms with Crippen LogP contribution in [-0.2, 0) is 14.3 Å². The Labute approximate surface area is 205 Å². The Morgan fingerprint density at radius 2 is 2.15 bits per heavy atom. The molecular formula is C23H23ClFN5O3S. The zero-order chi connectivity index (χ0) is 24.0. The van der Waals surface area contributed by atoms with E-state index in [0.717, 1.165) is 13.0 Å². The predicted octanol–water partition coefficient (Wildman–Crippen LogP) is 2.76. The fourth-order valence-electron chi connectivity index (χ4n) is 5.00. The number of amidine groups is 1. The third kappa shape index (κ3) is 4.10. The number of nitrogens with zero attached hydrogens (tertiary/aromatic N) is 4. The summed E-state index contributed by atoms with van der Waals surface area (Å²) in [6.45, 7) is 3.42. The molecule has 0 radical (unpaired) electrons. The molecule has 2 saturated heterocycles. The van der Waals surface area contributed by atoms with Crippen LogP contribution in [0.25, 0.3) is 0 Å². The van der Waals surface area contributed by atoms with E-state index in [2.05, 4.69) is 15.2 Å². The molecule has 0 aliphatic carbocycles. The lowest BCUT2D eigenvalue weighted by Gasteiger charge is -2.36. The number of hydrogen-bond donors (Lipinski definition) is 1. The van der Waals surface area contributed by atoms with E-state index in [1.54, 1.807) is 19.2 Å². The molecule has 1 N–H and O–H groups in total. The number of amides is 1. The van der Waals surface area contributed by atoms with Crippen LogP contribution in [0.5, 0.6) is 0 Å². The van der Waals surface area contributed by atoms with E-state index in [9.17, 15) is 14.0 Å². The molecule has 11 heteroatoms. The molecule has 2 fully saturated rings. The number of nitrogens with one attached hydrogen (secondary N) is 1. The number of piperazine rings is 1. The highest BCUT2D eigenvalue weighted by atomic mass is 35.5. The van der Waals surface area contributed by atoms with E-state index in [-0.39, 0.29) is 23.0 Å². The molecule has 2 aromatic rings. The maximum Gasteiger partial charge on any atom is 0.338 e. The second-order valence-electron chi connectivity index (χ2n) is 8.54. The Bertz CT molecular complexity index is 1200. The largest absolute Gasteiger partial charge is 0.466 e. The van der Waals surface area contributed by atoms with Crippen molar-refractivity contribution < 1.29 is 18.7 Å². The van der Waals surface area contributed by atoms with Gasteiger partial charge in [-0.05, 0) is 18.6 Å². The van der Waals surface area contributed by atoms with E-state index in [1.807, 2.05) is 10.3 Å². The number of benzene rings is 1. The minimum Gasteiger partial charge on any atom is -0.466 e. The van der Waals surface area contributed by atoms with Gasteiger partial charge in [-0.3, -0.25) is 14.7 Å². The van der Waals surface area contributed by atoms with Gasteiger partial charge in [0, 0.05) is 66.5 Å². The number of esters is 1. The first kappa shape index (κ1) is 22.9. The molecule has 178 valence electrons. The number of halogens is 2. The van der Waals surface area contributed by atoms with Gasteiger partial charge in [0.25, 0.3) is 0 Å². The average Bonchev–Trinajstić information content (AvgIpc) is 3.56. The Balaban J connectivity index is 1.55. The van der Waals surface area contributed by atoms with Crippen molar-refractivity contribution in [1.29, 1.82) is 0 Å². The van der Waals surface area contributed by atoms with Gasteiger partial charge in [0.2, 0.25) is 5.91 Å². The Morgan fingerprint density at radius 3 is 2.76 bits per heavy atom. The molecule has 8 nitrogen and oxygen atoms in total. The van der Waals surface area contributed by atoms with E-state index in [4.69, 9.17) is 21.3 Å². The summed E-state index contributed by atoms with van der Waals surface area (Å²) in [7, 11) is 1.32. The molecule has 2 bridgehead atoms. The molecule has 0 saturated carbocycles. The molecule has 5 rings (SSSR count). The Hall–Kier alpha value is -2.82. The number of fused-ring (bicyclic) bond motifs is 2. The molecule has 2 unspecified atom stereocenters. The van der Waals surface area contributed by atoms with Crippen molar-refractivity contribution in [2.45, 2.75) is 31.5 Å². The fourth-order valence-corrected chi connectivity index (χ4v) is 5.86. The zero-order valence-corrected chi connectivity index (χ0v) is 20.2. The number of rotatable bonds is 5. The highest BCUT2D eigenvalue weighted by Crippen LogP contribution is 2.38. The lowest BCUT2D eigenvalue weighted by Crippen LogP contribution is -2.50. The smallest absolute Gasteiger partial charge is 0.338 e. The Morgan fingerprint density at radius 1 is 1.32 bits per heavy atom. The molecular weight excluding hydrogens is 481 g/mol. The quantitative estimate of drug-likeness (QED) is 0.631. The van der Waals surface area contributed by atoms with Gasteiger partial charge in [-0.2, -0.15) is 0 Å².